The number of carbonyl (C=O) groups is 1. The minimum absolute atomic E-state index is 0.132. The lowest BCUT2D eigenvalue weighted by Crippen LogP contribution is -2.40. The molecule has 31 heavy (non-hydrogen) atoms. The van der Waals surface area contributed by atoms with E-state index in [1.54, 1.807) is 11.3 Å². The van der Waals surface area contributed by atoms with E-state index in [2.05, 4.69) is 11.2 Å². The number of hydrogen-bond acceptors (Lipinski definition) is 5. The molecule has 0 aliphatic carbocycles. The van der Waals surface area contributed by atoms with Crippen molar-refractivity contribution in [1.82, 2.24) is 19.7 Å². The van der Waals surface area contributed by atoms with Crippen LogP contribution in [0.4, 0.5) is 0 Å². The molecule has 156 valence electrons. The van der Waals surface area contributed by atoms with Gasteiger partial charge in [-0.25, -0.2) is 9.67 Å². The lowest BCUT2D eigenvalue weighted by Gasteiger charge is -2.31. The first-order valence-electron chi connectivity index (χ1n) is 10.4. The van der Waals surface area contributed by atoms with Crippen LogP contribution in [0.25, 0.3) is 10.2 Å². The fourth-order valence-electron chi connectivity index (χ4n) is 4.02. The average molecular weight is 431 g/mol. The van der Waals surface area contributed by atoms with Crippen LogP contribution in [0.1, 0.15) is 39.8 Å². The second-order valence-electron chi connectivity index (χ2n) is 7.81. The number of aromatic nitrogens is 3. The molecule has 5 rings (SSSR count). The summed E-state index contributed by atoms with van der Waals surface area (Å²) in [5.74, 6) is 0.0953. The highest BCUT2D eigenvalue weighted by molar-refractivity contribution is 7.18. The van der Waals surface area contributed by atoms with E-state index >= 15 is 0 Å². The van der Waals surface area contributed by atoms with Crippen molar-refractivity contribution in [2.24, 2.45) is 0 Å². The van der Waals surface area contributed by atoms with Crippen molar-refractivity contribution in [3.05, 3.63) is 93.3 Å². The Balaban J connectivity index is 1.35. The van der Waals surface area contributed by atoms with Crippen molar-refractivity contribution in [3.63, 3.8) is 0 Å². The molecule has 0 radical (unpaired) electrons. The molecular formula is C24H22N4O2S. The summed E-state index contributed by atoms with van der Waals surface area (Å²) in [6.45, 7) is 1.66. The van der Waals surface area contributed by atoms with Crippen molar-refractivity contribution >= 4 is 27.5 Å². The van der Waals surface area contributed by atoms with E-state index < -0.39 is 0 Å². The van der Waals surface area contributed by atoms with Crippen LogP contribution in [0.15, 0.2) is 71.5 Å². The zero-order valence-electron chi connectivity index (χ0n) is 17.0. The van der Waals surface area contributed by atoms with Crippen molar-refractivity contribution in [3.8, 4) is 0 Å². The van der Waals surface area contributed by atoms with E-state index in [4.69, 9.17) is 4.98 Å². The Bertz CT molecular complexity index is 1250. The van der Waals surface area contributed by atoms with Gasteiger partial charge >= 0.3 is 0 Å². The van der Waals surface area contributed by atoms with Gasteiger partial charge in [-0.15, -0.1) is 11.3 Å². The molecule has 0 spiro atoms. The predicted molar refractivity (Wildman–Crippen MR) is 122 cm³/mol. The summed E-state index contributed by atoms with van der Waals surface area (Å²) in [4.78, 5) is 32.1. The summed E-state index contributed by atoms with van der Waals surface area (Å²) < 4.78 is 2.54. The molecule has 1 aliphatic rings. The number of hydrogen-bond donors (Lipinski definition) is 0. The average Bonchev–Trinajstić information content (AvgIpc) is 3.25. The van der Waals surface area contributed by atoms with Crippen molar-refractivity contribution < 1.29 is 4.79 Å². The number of carbonyl (C=O) groups excluding carboxylic acids is 1. The molecule has 1 fully saturated rings. The lowest BCUT2D eigenvalue weighted by atomic mass is 9.98. The Morgan fingerprint density at radius 1 is 1.03 bits per heavy atom. The summed E-state index contributed by atoms with van der Waals surface area (Å²) >= 11 is 1.71. The Hall–Kier alpha value is -3.32. The van der Waals surface area contributed by atoms with Gasteiger partial charge in [0.1, 0.15) is 5.69 Å². The molecule has 1 saturated heterocycles. The zero-order chi connectivity index (χ0) is 21.2. The maximum atomic E-state index is 13.2. The number of nitrogens with zero attached hydrogens (tertiary/aromatic N) is 4. The van der Waals surface area contributed by atoms with Crippen LogP contribution in [0.2, 0.25) is 0 Å². The highest BCUT2D eigenvalue weighted by atomic mass is 32.1. The van der Waals surface area contributed by atoms with Crippen LogP contribution in [0.5, 0.6) is 0 Å². The quantitative estimate of drug-likeness (QED) is 0.492. The van der Waals surface area contributed by atoms with E-state index in [1.165, 1.54) is 21.5 Å². The first-order chi connectivity index (χ1) is 15.2. The number of likely N-dealkylation sites (tertiary alicyclic amines) is 1. The summed E-state index contributed by atoms with van der Waals surface area (Å²) in [7, 11) is 0. The van der Waals surface area contributed by atoms with Gasteiger partial charge in [0.05, 0.1) is 21.8 Å². The third-order valence-electron chi connectivity index (χ3n) is 5.63. The molecule has 2 aromatic heterocycles. The lowest BCUT2D eigenvalue weighted by molar-refractivity contribution is 0.0698. The van der Waals surface area contributed by atoms with Gasteiger partial charge in [0.2, 0.25) is 0 Å². The number of amides is 1. The largest absolute Gasteiger partial charge is 0.337 e. The van der Waals surface area contributed by atoms with Crippen LogP contribution in [-0.4, -0.2) is 38.7 Å². The fraction of sp³-hybridized carbons (Fsp3) is 0.250. The predicted octanol–water partition coefficient (Wildman–Crippen LogP) is 3.92. The topological polar surface area (TPSA) is 68.1 Å². The number of piperidine rings is 1. The van der Waals surface area contributed by atoms with Crippen LogP contribution in [0.3, 0.4) is 0 Å². The summed E-state index contributed by atoms with van der Waals surface area (Å²) in [6.07, 6.45) is 1.94. The highest BCUT2D eigenvalue weighted by Crippen LogP contribution is 2.33. The van der Waals surface area contributed by atoms with Crippen LogP contribution < -0.4 is 5.56 Å². The van der Waals surface area contributed by atoms with Gasteiger partial charge in [-0.1, -0.05) is 42.5 Å². The molecule has 1 atom stereocenters. The molecule has 7 heteroatoms. The smallest absolute Gasteiger partial charge is 0.274 e. The molecule has 4 aromatic rings. The number of para-hydroxylation sites is 1. The van der Waals surface area contributed by atoms with Gasteiger partial charge in [0.15, 0.2) is 0 Å². The van der Waals surface area contributed by atoms with Gasteiger partial charge in [-0.3, -0.25) is 9.59 Å². The van der Waals surface area contributed by atoms with Gasteiger partial charge < -0.3 is 4.90 Å². The highest BCUT2D eigenvalue weighted by Gasteiger charge is 2.28. The standard InChI is InChI=1S/C24H22N4O2S/c29-22-13-12-20(26-28(22)15-17-7-2-1-3-8-17)24(30)27-14-6-9-18(16-27)23-25-19-10-4-5-11-21(19)31-23/h1-5,7-8,10-13,18H,6,9,14-16H2. The third kappa shape index (κ3) is 4.14. The number of benzene rings is 2. The summed E-state index contributed by atoms with van der Waals surface area (Å²) in [5, 5.41) is 5.46. The van der Waals surface area contributed by atoms with E-state index in [0.29, 0.717) is 25.3 Å². The number of fused-ring (bicyclic) bond motifs is 1. The first-order valence-corrected chi connectivity index (χ1v) is 11.3. The SMILES string of the molecule is O=C(c1ccc(=O)n(Cc2ccccc2)n1)N1CCCC(c2nc3ccccc3s2)C1. The number of thiazole rings is 1. The second-order valence-corrected chi connectivity index (χ2v) is 8.87. The van der Waals surface area contributed by atoms with Gasteiger partial charge in [0.25, 0.3) is 11.5 Å². The van der Waals surface area contributed by atoms with E-state index in [9.17, 15) is 9.59 Å². The van der Waals surface area contributed by atoms with Gasteiger partial charge in [0, 0.05) is 25.1 Å². The molecule has 6 nitrogen and oxygen atoms in total. The Morgan fingerprint density at radius 3 is 2.68 bits per heavy atom. The molecule has 1 aliphatic heterocycles. The Kier molecular flexibility index (Phi) is 5.34. The van der Waals surface area contributed by atoms with Gasteiger partial charge in [-0.2, -0.15) is 5.10 Å². The molecule has 0 saturated carbocycles. The molecule has 1 unspecified atom stereocenters. The molecule has 3 heterocycles. The van der Waals surface area contributed by atoms with Crippen molar-refractivity contribution in [2.45, 2.75) is 25.3 Å². The molecule has 0 bridgehead atoms. The summed E-state index contributed by atoms with van der Waals surface area (Å²) in [6, 6.07) is 20.8. The molecule has 0 N–H and O–H groups in total. The fourth-order valence-corrected chi connectivity index (χ4v) is 5.12. The first kappa shape index (κ1) is 19.6. The molecular weight excluding hydrogens is 408 g/mol. The van der Waals surface area contributed by atoms with E-state index in [1.807, 2.05) is 53.4 Å². The van der Waals surface area contributed by atoms with Crippen LogP contribution in [0, 0.1) is 0 Å². The number of rotatable bonds is 4. The van der Waals surface area contributed by atoms with E-state index in [0.717, 1.165) is 28.9 Å². The Labute approximate surface area is 183 Å². The van der Waals surface area contributed by atoms with Gasteiger partial charge in [-0.05, 0) is 36.6 Å². The molecule has 2 aromatic carbocycles. The maximum Gasteiger partial charge on any atom is 0.274 e. The second kappa shape index (κ2) is 8.43. The van der Waals surface area contributed by atoms with Crippen molar-refractivity contribution in [1.29, 1.82) is 0 Å². The minimum atomic E-state index is -0.216. The monoisotopic (exact) mass is 430 g/mol. The van der Waals surface area contributed by atoms with Crippen LogP contribution >= 0.6 is 11.3 Å². The maximum absolute atomic E-state index is 13.2. The van der Waals surface area contributed by atoms with E-state index in [-0.39, 0.29) is 17.4 Å². The summed E-state index contributed by atoms with van der Waals surface area (Å²) in [5.41, 5.74) is 2.07. The zero-order valence-corrected chi connectivity index (χ0v) is 17.8. The van der Waals surface area contributed by atoms with Crippen molar-refractivity contribution in [2.75, 3.05) is 13.1 Å². The normalized spacial score (nSPS) is 16.5. The third-order valence-corrected chi connectivity index (χ3v) is 6.83. The van der Waals surface area contributed by atoms with Crippen LogP contribution in [-0.2, 0) is 6.54 Å². The minimum Gasteiger partial charge on any atom is -0.337 e. The Morgan fingerprint density at radius 2 is 1.84 bits per heavy atom. The molecule has 1 amide bonds.